The van der Waals surface area contributed by atoms with Gasteiger partial charge >= 0.3 is 5.69 Å². The van der Waals surface area contributed by atoms with Crippen LogP contribution in [0.5, 0.6) is 0 Å². The fourth-order valence-electron chi connectivity index (χ4n) is 2.22. The Kier molecular flexibility index (Phi) is 3.07. The number of alkyl halides is 2. The second kappa shape index (κ2) is 4.29. The van der Waals surface area contributed by atoms with E-state index in [1.165, 1.54) is 6.07 Å². The quantitative estimate of drug-likeness (QED) is 0.658. The first-order valence-electron chi connectivity index (χ1n) is 5.39. The van der Waals surface area contributed by atoms with Crippen LogP contribution in [0.25, 0.3) is 0 Å². The maximum atomic E-state index is 13.8. The van der Waals surface area contributed by atoms with Crippen molar-refractivity contribution in [1.29, 1.82) is 0 Å². The summed E-state index contributed by atoms with van der Waals surface area (Å²) in [6.07, 6.45) is -1.05. The van der Waals surface area contributed by atoms with Gasteiger partial charge in [-0.05, 0) is 12.5 Å². The Bertz CT molecular complexity index is 505. The second-order valence-electron chi connectivity index (χ2n) is 4.36. The van der Waals surface area contributed by atoms with E-state index in [0.29, 0.717) is 0 Å². The first-order valence-corrected chi connectivity index (χ1v) is 5.39. The number of nitrogens with zero attached hydrogens (tertiary/aromatic N) is 2. The predicted molar refractivity (Wildman–Crippen MR) is 58.1 cm³/mol. The highest BCUT2D eigenvalue weighted by atomic mass is 19.3. The molecule has 0 unspecified atom stereocenters. The van der Waals surface area contributed by atoms with Crippen molar-refractivity contribution in [3.05, 3.63) is 22.7 Å². The zero-order valence-corrected chi connectivity index (χ0v) is 9.33. The number of rotatable bonds is 2. The number of nitrogens with two attached hydrogens (primary N) is 1. The van der Waals surface area contributed by atoms with Gasteiger partial charge in [-0.2, -0.15) is 4.98 Å². The third-order valence-corrected chi connectivity index (χ3v) is 3.23. The third-order valence-electron chi connectivity index (χ3n) is 3.23. The van der Waals surface area contributed by atoms with E-state index in [4.69, 9.17) is 10.8 Å². The number of halogens is 2. The SMILES string of the molecule is Nc1ccn([C@@H]2C[C@H](CO)[C@@H](O)C2(F)F)c(=O)n1. The van der Waals surface area contributed by atoms with Gasteiger partial charge < -0.3 is 15.9 Å². The molecule has 0 amide bonds. The van der Waals surface area contributed by atoms with Crippen LogP contribution in [0, 0.1) is 5.92 Å². The predicted octanol–water partition coefficient (Wildman–Crippen LogP) is -0.625. The van der Waals surface area contributed by atoms with Crippen molar-refractivity contribution in [2.75, 3.05) is 12.3 Å². The van der Waals surface area contributed by atoms with Crippen molar-refractivity contribution in [3.63, 3.8) is 0 Å². The highest BCUT2D eigenvalue weighted by Crippen LogP contribution is 2.46. The minimum atomic E-state index is -3.49. The van der Waals surface area contributed by atoms with Crippen LogP contribution in [0.3, 0.4) is 0 Å². The van der Waals surface area contributed by atoms with E-state index in [2.05, 4.69) is 4.98 Å². The van der Waals surface area contributed by atoms with Crippen LogP contribution in [0.15, 0.2) is 17.1 Å². The van der Waals surface area contributed by atoms with Crippen LogP contribution in [0.1, 0.15) is 12.5 Å². The Hall–Kier alpha value is -1.54. The van der Waals surface area contributed by atoms with Crippen LogP contribution in [-0.2, 0) is 0 Å². The van der Waals surface area contributed by atoms with Crippen LogP contribution >= 0.6 is 0 Å². The Morgan fingerprint density at radius 3 is 2.78 bits per heavy atom. The maximum absolute atomic E-state index is 13.8. The fourth-order valence-corrected chi connectivity index (χ4v) is 2.22. The van der Waals surface area contributed by atoms with Gasteiger partial charge in [-0.1, -0.05) is 0 Å². The van der Waals surface area contributed by atoms with Crippen molar-refractivity contribution in [3.8, 4) is 0 Å². The second-order valence-corrected chi connectivity index (χ2v) is 4.36. The smallest absolute Gasteiger partial charge is 0.349 e. The molecule has 1 fully saturated rings. The van der Waals surface area contributed by atoms with E-state index in [-0.39, 0.29) is 12.2 Å². The van der Waals surface area contributed by atoms with Crippen molar-refractivity contribution < 1.29 is 19.0 Å². The van der Waals surface area contributed by atoms with E-state index in [9.17, 15) is 18.7 Å². The molecule has 0 saturated heterocycles. The molecule has 0 bridgehead atoms. The highest BCUT2D eigenvalue weighted by Gasteiger charge is 2.57. The van der Waals surface area contributed by atoms with E-state index >= 15 is 0 Å². The molecule has 2 rings (SSSR count). The summed E-state index contributed by atoms with van der Waals surface area (Å²) in [5.74, 6) is -4.51. The van der Waals surface area contributed by atoms with Gasteiger partial charge in [0.25, 0.3) is 5.92 Å². The molecule has 1 aromatic heterocycles. The van der Waals surface area contributed by atoms with E-state index < -0.39 is 36.3 Å². The summed E-state index contributed by atoms with van der Waals surface area (Å²) >= 11 is 0. The summed E-state index contributed by atoms with van der Waals surface area (Å²) in [7, 11) is 0. The Balaban J connectivity index is 2.42. The zero-order chi connectivity index (χ0) is 13.5. The summed E-state index contributed by atoms with van der Waals surface area (Å²) < 4.78 is 28.4. The Morgan fingerprint density at radius 1 is 1.61 bits per heavy atom. The standard InChI is InChI=1S/C10H13F2N3O3/c11-10(12)6(3-5(4-16)8(10)17)15-2-1-7(13)14-9(15)18/h1-2,5-6,8,16-17H,3-4H2,(H2,13,14,18)/t5-,6-,8-/m1/s1. The first kappa shape index (κ1) is 12.9. The molecule has 18 heavy (non-hydrogen) atoms. The number of aliphatic hydroxyl groups excluding tert-OH is 2. The van der Waals surface area contributed by atoms with E-state index in [0.717, 1.165) is 10.8 Å². The molecule has 100 valence electrons. The Morgan fingerprint density at radius 2 is 2.28 bits per heavy atom. The van der Waals surface area contributed by atoms with Gasteiger partial charge in [0.05, 0.1) is 0 Å². The molecular formula is C10H13F2N3O3. The average molecular weight is 261 g/mol. The number of aliphatic hydroxyl groups is 2. The summed E-state index contributed by atoms with van der Waals surface area (Å²) in [5.41, 5.74) is 4.38. The molecule has 6 nitrogen and oxygen atoms in total. The molecule has 1 saturated carbocycles. The van der Waals surface area contributed by atoms with Gasteiger partial charge in [0.15, 0.2) is 0 Å². The highest BCUT2D eigenvalue weighted by molar-refractivity contribution is 5.24. The fraction of sp³-hybridized carbons (Fsp3) is 0.600. The molecule has 0 aliphatic heterocycles. The van der Waals surface area contributed by atoms with E-state index in [1.54, 1.807) is 0 Å². The zero-order valence-electron chi connectivity index (χ0n) is 9.33. The molecule has 0 radical (unpaired) electrons. The summed E-state index contributed by atoms with van der Waals surface area (Å²) in [6.45, 7) is -0.565. The van der Waals surface area contributed by atoms with Gasteiger partial charge in [0.1, 0.15) is 18.0 Å². The average Bonchev–Trinajstić information content (AvgIpc) is 2.52. The van der Waals surface area contributed by atoms with Crippen molar-refractivity contribution in [2.24, 2.45) is 5.92 Å². The molecule has 4 N–H and O–H groups in total. The van der Waals surface area contributed by atoms with Crippen LogP contribution in [-0.4, -0.2) is 38.4 Å². The molecule has 0 spiro atoms. The van der Waals surface area contributed by atoms with Crippen molar-refractivity contribution >= 4 is 5.82 Å². The Labute approximate surface area is 101 Å². The monoisotopic (exact) mass is 261 g/mol. The molecule has 1 aliphatic carbocycles. The largest absolute Gasteiger partial charge is 0.396 e. The summed E-state index contributed by atoms with van der Waals surface area (Å²) in [5, 5.41) is 18.4. The number of hydrogen-bond donors (Lipinski definition) is 3. The normalized spacial score (nSPS) is 30.6. The van der Waals surface area contributed by atoms with Gasteiger partial charge in [-0.25, -0.2) is 13.6 Å². The lowest BCUT2D eigenvalue weighted by atomic mass is 10.1. The van der Waals surface area contributed by atoms with Crippen LogP contribution in [0.2, 0.25) is 0 Å². The number of hydrogen-bond acceptors (Lipinski definition) is 5. The van der Waals surface area contributed by atoms with Gasteiger partial charge in [0.2, 0.25) is 0 Å². The van der Waals surface area contributed by atoms with Crippen LogP contribution < -0.4 is 11.4 Å². The number of aromatic nitrogens is 2. The minimum Gasteiger partial charge on any atom is -0.396 e. The molecule has 3 atom stereocenters. The van der Waals surface area contributed by atoms with Gasteiger partial charge in [0, 0.05) is 18.7 Å². The van der Waals surface area contributed by atoms with Gasteiger partial charge in [-0.15, -0.1) is 0 Å². The van der Waals surface area contributed by atoms with Gasteiger partial charge in [-0.3, -0.25) is 4.57 Å². The van der Waals surface area contributed by atoms with Crippen LogP contribution in [0.4, 0.5) is 14.6 Å². The lowest BCUT2D eigenvalue weighted by molar-refractivity contribution is -0.123. The van der Waals surface area contributed by atoms with Crippen molar-refractivity contribution in [1.82, 2.24) is 9.55 Å². The lowest BCUT2D eigenvalue weighted by Gasteiger charge is -2.23. The minimum absolute atomic E-state index is 0.0585. The molecule has 1 aromatic rings. The maximum Gasteiger partial charge on any atom is 0.349 e. The van der Waals surface area contributed by atoms with Crippen molar-refractivity contribution in [2.45, 2.75) is 24.5 Å². The summed E-state index contributed by atoms with van der Waals surface area (Å²) in [4.78, 5) is 14.9. The van der Waals surface area contributed by atoms with E-state index in [1.807, 2.05) is 0 Å². The number of anilines is 1. The topological polar surface area (TPSA) is 101 Å². The molecule has 1 heterocycles. The third kappa shape index (κ3) is 1.87. The molecule has 0 aromatic carbocycles. The molecular weight excluding hydrogens is 248 g/mol. The number of nitrogen functional groups attached to an aromatic ring is 1. The first-order chi connectivity index (χ1) is 8.37. The lowest BCUT2D eigenvalue weighted by Crippen LogP contribution is -2.40. The molecule has 1 aliphatic rings. The molecule has 8 heteroatoms. The summed E-state index contributed by atoms with van der Waals surface area (Å²) in [6, 6.07) is -0.291.